The van der Waals surface area contributed by atoms with Crippen molar-refractivity contribution in [3.63, 3.8) is 0 Å². The number of nitrogens with one attached hydrogen (secondary N) is 1. The van der Waals surface area contributed by atoms with E-state index in [1.807, 2.05) is 26.0 Å². The van der Waals surface area contributed by atoms with Crippen LogP contribution in [0.15, 0.2) is 48.5 Å². The SMILES string of the molecule is CCOc1ccccc1N(CC(=O)NC(C)c1ccc(N2CCCC2)cc1)S(C)(=O)=O. The van der Waals surface area contributed by atoms with E-state index in [4.69, 9.17) is 4.74 Å². The molecule has 1 fully saturated rings. The van der Waals surface area contributed by atoms with Crippen LogP contribution in [0.4, 0.5) is 11.4 Å². The standard InChI is InChI=1S/C23H31N3O4S/c1-4-30-22-10-6-5-9-21(22)26(31(3,28)29)17-23(27)24-18(2)19-11-13-20(14-12-19)25-15-7-8-16-25/h5-6,9-14,18H,4,7-8,15-17H2,1-3H3,(H,24,27). The van der Waals surface area contributed by atoms with Crippen molar-refractivity contribution >= 4 is 27.3 Å². The smallest absolute Gasteiger partial charge is 0.241 e. The highest BCUT2D eigenvalue weighted by atomic mass is 32.2. The van der Waals surface area contributed by atoms with Crippen molar-refractivity contribution in [1.29, 1.82) is 0 Å². The first kappa shape index (κ1) is 22.9. The van der Waals surface area contributed by atoms with Crippen LogP contribution in [0.2, 0.25) is 0 Å². The molecule has 0 aromatic heterocycles. The van der Waals surface area contributed by atoms with Gasteiger partial charge < -0.3 is 15.0 Å². The third-order valence-electron chi connectivity index (χ3n) is 5.36. The summed E-state index contributed by atoms with van der Waals surface area (Å²) in [6, 6.07) is 14.7. The second kappa shape index (κ2) is 10.0. The average molecular weight is 446 g/mol. The van der Waals surface area contributed by atoms with Gasteiger partial charge in [0.05, 0.1) is 24.6 Å². The molecule has 0 bridgehead atoms. The molecule has 7 nitrogen and oxygen atoms in total. The van der Waals surface area contributed by atoms with Gasteiger partial charge in [-0.05, 0) is 56.5 Å². The number of para-hydroxylation sites is 2. The van der Waals surface area contributed by atoms with E-state index in [0.29, 0.717) is 18.0 Å². The number of rotatable bonds is 9. The lowest BCUT2D eigenvalue weighted by Gasteiger charge is -2.25. The molecule has 1 aliphatic rings. The Hall–Kier alpha value is -2.74. The molecule has 0 aliphatic carbocycles. The van der Waals surface area contributed by atoms with Crippen molar-refractivity contribution in [3.8, 4) is 5.75 Å². The van der Waals surface area contributed by atoms with E-state index in [-0.39, 0.29) is 18.5 Å². The van der Waals surface area contributed by atoms with Crippen molar-refractivity contribution < 1.29 is 17.9 Å². The van der Waals surface area contributed by atoms with Crippen LogP contribution in [-0.4, -0.2) is 46.8 Å². The Morgan fingerprint density at radius 2 is 1.77 bits per heavy atom. The molecule has 1 saturated heterocycles. The Kier molecular flexibility index (Phi) is 7.43. The molecule has 1 aliphatic heterocycles. The van der Waals surface area contributed by atoms with Crippen molar-refractivity contribution in [3.05, 3.63) is 54.1 Å². The molecule has 3 rings (SSSR count). The summed E-state index contributed by atoms with van der Waals surface area (Å²) in [5, 5.41) is 2.91. The topological polar surface area (TPSA) is 79.0 Å². The van der Waals surface area contributed by atoms with E-state index >= 15 is 0 Å². The maximum Gasteiger partial charge on any atom is 0.241 e. The molecule has 1 amide bonds. The molecule has 8 heteroatoms. The van der Waals surface area contributed by atoms with E-state index < -0.39 is 10.0 Å². The highest BCUT2D eigenvalue weighted by molar-refractivity contribution is 7.92. The number of ether oxygens (including phenoxy) is 1. The van der Waals surface area contributed by atoms with Crippen LogP contribution in [0.5, 0.6) is 5.75 Å². The van der Waals surface area contributed by atoms with Gasteiger partial charge >= 0.3 is 0 Å². The Labute approximate surface area is 185 Å². The van der Waals surface area contributed by atoms with Crippen LogP contribution in [0, 0.1) is 0 Å². The third-order valence-corrected chi connectivity index (χ3v) is 6.49. The Bertz CT molecular complexity index is 986. The number of anilines is 2. The zero-order chi connectivity index (χ0) is 22.4. The predicted molar refractivity (Wildman–Crippen MR) is 124 cm³/mol. The van der Waals surface area contributed by atoms with Gasteiger partial charge in [-0.2, -0.15) is 0 Å². The molecule has 0 saturated carbocycles. The molecule has 168 valence electrons. The maximum atomic E-state index is 12.7. The third kappa shape index (κ3) is 5.91. The Balaban J connectivity index is 1.69. The summed E-state index contributed by atoms with van der Waals surface area (Å²) in [6.07, 6.45) is 3.53. The van der Waals surface area contributed by atoms with Gasteiger partial charge in [-0.3, -0.25) is 9.10 Å². The minimum atomic E-state index is -3.68. The normalized spacial score (nSPS) is 14.9. The van der Waals surface area contributed by atoms with Gasteiger partial charge in [-0.25, -0.2) is 8.42 Å². The Morgan fingerprint density at radius 1 is 1.13 bits per heavy atom. The summed E-state index contributed by atoms with van der Waals surface area (Å²) < 4.78 is 31.5. The molecule has 1 heterocycles. The van der Waals surface area contributed by atoms with Gasteiger partial charge in [-0.15, -0.1) is 0 Å². The molecule has 1 N–H and O–H groups in total. The van der Waals surface area contributed by atoms with Crippen molar-refractivity contribution in [2.45, 2.75) is 32.7 Å². The molecule has 31 heavy (non-hydrogen) atoms. The lowest BCUT2D eigenvalue weighted by Crippen LogP contribution is -2.41. The number of hydrogen-bond acceptors (Lipinski definition) is 5. The molecular formula is C23H31N3O4S. The van der Waals surface area contributed by atoms with Gasteiger partial charge in [-0.1, -0.05) is 24.3 Å². The van der Waals surface area contributed by atoms with Crippen LogP contribution in [0.1, 0.15) is 38.3 Å². The minimum Gasteiger partial charge on any atom is -0.492 e. The molecule has 0 radical (unpaired) electrons. The fraction of sp³-hybridized carbons (Fsp3) is 0.435. The highest BCUT2D eigenvalue weighted by Crippen LogP contribution is 2.30. The molecule has 1 unspecified atom stereocenters. The number of carbonyl (C=O) groups is 1. The van der Waals surface area contributed by atoms with E-state index in [9.17, 15) is 13.2 Å². The molecule has 2 aromatic carbocycles. The number of hydrogen-bond donors (Lipinski definition) is 1. The van der Waals surface area contributed by atoms with Crippen molar-refractivity contribution in [2.24, 2.45) is 0 Å². The van der Waals surface area contributed by atoms with E-state index in [0.717, 1.165) is 29.2 Å². The van der Waals surface area contributed by atoms with Crippen LogP contribution in [0.3, 0.4) is 0 Å². The summed E-state index contributed by atoms with van der Waals surface area (Å²) in [6.45, 7) is 5.95. The van der Waals surface area contributed by atoms with E-state index in [1.54, 1.807) is 24.3 Å². The van der Waals surface area contributed by atoms with Gasteiger partial charge in [0.15, 0.2) is 0 Å². The monoisotopic (exact) mass is 445 g/mol. The zero-order valence-corrected chi connectivity index (χ0v) is 19.2. The van der Waals surface area contributed by atoms with E-state index in [1.165, 1.54) is 18.5 Å². The first-order valence-corrected chi connectivity index (χ1v) is 12.5. The lowest BCUT2D eigenvalue weighted by molar-refractivity contribution is -0.120. The van der Waals surface area contributed by atoms with Gasteiger partial charge in [0.2, 0.25) is 15.9 Å². The summed E-state index contributed by atoms with van der Waals surface area (Å²) in [4.78, 5) is 15.1. The summed E-state index contributed by atoms with van der Waals surface area (Å²) in [5.41, 5.74) is 2.51. The van der Waals surface area contributed by atoms with E-state index in [2.05, 4.69) is 22.3 Å². The Morgan fingerprint density at radius 3 is 2.39 bits per heavy atom. The largest absolute Gasteiger partial charge is 0.492 e. The first-order valence-electron chi connectivity index (χ1n) is 10.6. The fourth-order valence-electron chi connectivity index (χ4n) is 3.77. The molecule has 1 atom stereocenters. The molecule has 0 spiro atoms. The van der Waals surface area contributed by atoms with Gasteiger partial charge in [0, 0.05) is 18.8 Å². The molecule has 2 aromatic rings. The number of carbonyl (C=O) groups excluding carboxylic acids is 1. The lowest BCUT2D eigenvalue weighted by atomic mass is 10.1. The van der Waals surface area contributed by atoms with Crippen molar-refractivity contribution in [1.82, 2.24) is 5.32 Å². The van der Waals surface area contributed by atoms with Gasteiger partial charge in [0.1, 0.15) is 12.3 Å². The summed E-state index contributed by atoms with van der Waals surface area (Å²) in [7, 11) is -3.68. The zero-order valence-electron chi connectivity index (χ0n) is 18.4. The number of sulfonamides is 1. The van der Waals surface area contributed by atoms with Crippen molar-refractivity contribution in [2.75, 3.05) is 41.7 Å². The highest BCUT2D eigenvalue weighted by Gasteiger charge is 2.24. The predicted octanol–water partition coefficient (Wildman–Crippen LogP) is 3.33. The number of benzene rings is 2. The second-order valence-corrected chi connectivity index (χ2v) is 9.65. The first-order chi connectivity index (χ1) is 14.8. The average Bonchev–Trinajstić information content (AvgIpc) is 3.27. The van der Waals surface area contributed by atoms with Crippen LogP contribution in [0.25, 0.3) is 0 Å². The van der Waals surface area contributed by atoms with Gasteiger partial charge in [0.25, 0.3) is 0 Å². The molecular weight excluding hydrogens is 414 g/mol. The quantitative estimate of drug-likeness (QED) is 0.641. The second-order valence-electron chi connectivity index (χ2n) is 7.75. The minimum absolute atomic E-state index is 0.247. The van der Waals surface area contributed by atoms with Crippen LogP contribution < -0.4 is 19.3 Å². The fourth-order valence-corrected chi connectivity index (χ4v) is 4.63. The number of amides is 1. The maximum absolute atomic E-state index is 12.7. The number of nitrogens with zero attached hydrogens (tertiary/aromatic N) is 2. The van der Waals surface area contributed by atoms with Crippen LogP contribution in [-0.2, 0) is 14.8 Å². The summed E-state index contributed by atoms with van der Waals surface area (Å²) in [5.74, 6) is 0.0432. The van der Waals surface area contributed by atoms with Crippen LogP contribution >= 0.6 is 0 Å². The summed E-state index contributed by atoms with van der Waals surface area (Å²) >= 11 is 0.